The first kappa shape index (κ1) is 25.3. The Labute approximate surface area is 217 Å². The molecule has 37 heavy (non-hydrogen) atoms. The number of fused-ring (bicyclic) bond motifs is 1. The number of hydrogen-bond acceptors (Lipinski definition) is 9. The number of morpholine rings is 2. The number of anilines is 2. The lowest BCUT2D eigenvalue weighted by Gasteiger charge is -2.41. The molecule has 1 atom stereocenters. The molecule has 0 radical (unpaired) electrons. The van der Waals surface area contributed by atoms with Crippen LogP contribution in [0.1, 0.15) is 6.92 Å². The second-order valence-corrected chi connectivity index (χ2v) is 10.1. The van der Waals surface area contributed by atoms with Crippen LogP contribution in [0.3, 0.4) is 0 Å². The zero-order valence-electron chi connectivity index (χ0n) is 21.8. The summed E-state index contributed by atoms with van der Waals surface area (Å²) in [6.07, 6.45) is 3.36. The van der Waals surface area contributed by atoms with Gasteiger partial charge >= 0.3 is 0 Å². The topological polar surface area (TPSA) is 96.0 Å². The summed E-state index contributed by atoms with van der Waals surface area (Å²) in [5.41, 5.74) is 3.93. The highest BCUT2D eigenvalue weighted by Gasteiger charge is 2.34. The van der Waals surface area contributed by atoms with E-state index in [0.717, 1.165) is 43.1 Å². The van der Waals surface area contributed by atoms with Crippen molar-refractivity contribution < 1.29 is 14.3 Å². The number of likely N-dealkylation sites (N-methyl/N-ethyl adjacent to an activating group) is 1. The van der Waals surface area contributed by atoms with Crippen LogP contribution in [0.2, 0.25) is 0 Å². The lowest BCUT2D eigenvalue weighted by Crippen LogP contribution is -2.56. The van der Waals surface area contributed by atoms with E-state index in [4.69, 9.17) is 14.5 Å². The Balaban J connectivity index is 1.35. The van der Waals surface area contributed by atoms with Crippen molar-refractivity contribution in [3.63, 3.8) is 0 Å². The molecule has 2 fully saturated rings. The minimum absolute atomic E-state index is 0.108. The molecule has 0 spiro atoms. The minimum Gasteiger partial charge on any atom is -0.378 e. The molecule has 2 aliphatic heterocycles. The average molecular weight is 506 g/mol. The summed E-state index contributed by atoms with van der Waals surface area (Å²) >= 11 is 0. The fourth-order valence-electron chi connectivity index (χ4n) is 4.80. The summed E-state index contributed by atoms with van der Waals surface area (Å²) in [6.45, 7) is 7.82. The van der Waals surface area contributed by atoms with E-state index in [1.807, 2.05) is 36.9 Å². The van der Waals surface area contributed by atoms with Crippen LogP contribution < -0.4 is 10.2 Å². The highest BCUT2D eigenvalue weighted by Crippen LogP contribution is 2.28. The van der Waals surface area contributed by atoms with Crippen LogP contribution in [0.5, 0.6) is 0 Å². The number of nitrogens with zero attached hydrogens (tertiary/aromatic N) is 6. The Bertz CT molecular complexity index is 1230. The van der Waals surface area contributed by atoms with Crippen molar-refractivity contribution in [3.8, 4) is 11.3 Å². The van der Waals surface area contributed by atoms with E-state index in [1.165, 1.54) is 5.69 Å². The first-order valence-corrected chi connectivity index (χ1v) is 12.8. The number of carbonyl (C=O) groups excluding carboxylic acids is 1. The number of benzene rings is 1. The zero-order valence-corrected chi connectivity index (χ0v) is 21.8. The van der Waals surface area contributed by atoms with Crippen molar-refractivity contribution in [2.24, 2.45) is 0 Å². The highest BCUT2D eigenvalue weighted by molar-refractivity contribution is 5.88. The van der Waals surface area contributed by atoms with Crippen molar-refractivity contribution in [2.45, 2.75) is 12.5 Å². The van der Waals surface area contributed by atoms with Crippen molar-refractivity contribution in [1.29, 1.82) is 0 Å². The lowest BCUT2D eigenvalue weighted by molar-refractivity contribution is -0.147. The second-order valence-electron chi connectivity index (χ2n) is 10.1. The first-order chi connectivity index (χ1) is 17.9. The smallest absolute Gasteiger partial charge is 0.236 e. The predicted molar refractivity (Wildman–Crippen MR) is 144 cm³/mol. The Morgan fingerprint density at radius 1 is 1.08 bits per heavy atom. The minimum atomic E-state index is -0.549. The normalized spacial score (nSPS) is 20.4. The van der Waals surface area contributed by atoms with E-state index in [2.05, 4.69) is 44.5 Å². The van der Waals surface area contributed by atoms with E-state index in [0.29, 0.717) is 44.1 Å². The standard InChI is InChI=1S/C27H35N7O3/c1-27(19-34(12-15-37-27)24(35)17-32(2)3)18-30-26-25-23(28-8-9-29-25)16-22(31-26)20-4-6-21(7-5-20)33-10-13-36-14-11-33/h4-9,16H,10-15,17-19H2,1-3H3,(H,30,31)/t27-/m1/s1. The van der Waals surface area contributed by atoms with Gasteiger partial charge in [-0.25, -0.2) is 9.97 Å². The predicted octanol–water partition coefficient (Wildman–Crippen LogP) is 2.12. The number of hydrogen-bond donors (Lipinski definition) is 1. The molecular formula is C27H35N7O3. The van der Waals surface area contributed by atoms with Crippen LogP contribution in [0.25, 0.3) is 22.3 Å². The van der Waals surface area contributed by atoms with E-state index in [9.17, 15) is 4.79 Å². The molecule has 1 aromatic carbocycles. The van der Waals surface area contributed by atoms with E-state index >= 15 is 0 Å². The van der Waals surface area contributed by atoms with Gasteiger partial charge in [-0.15, -0.1) is 0 Å². The summed E-state index contributed by atoms with van der Waals surface area (Å²) in [4.78, 5) is 32.7. The number of aromatic nitrogens is 3. The van der Waals surface area contributed by atoms with Gasteiger partial charge in [-0.05, 0) is 39.2 Å². The number of pyridine rings is 1. The van der Waals surface area contributed by atoms with Gasteiger partial charge in [-0.3, -0.25) is 9.78 Å². The molecular weight excluding hydrogens is 470 g/mol. The fraction of sp³-hybridized carbons (Fsp3) is 0.481. The molecule has 196 valence electrons. The van der Waals surface area contributed by atoms with Gasteiger partial charge < -0.3 is 29.5 Å². The van der Waals surface area contributed by atoms with Gasteiger partial charge in [-0.1, -0.05) is 12.1 Å². The molecule has 0 bridgehead atoms. The molecule has 3 aromatic rings. The Morgan fingerprint density at radius 2 is 1.84 bits per heavy atom. The van der Waals surface area contributed by atoms with Crippen LogP contribution in [-0.4, -0.2) is 109 Å². The summed E-state index contributed by atoms with van der Waals surface area (Å²) in [6, 6.07) is 10.4. The molecule has 1 amide bonds. The van der Waals surface area contributed by atoms with Gasteiger partial charge in [0, 0.05) is 49.8 Å². The Kier molecular flexibility index (Phi) is 7.50. The summed E-state index contributed by atoms with van der Waals surface area (Å²) < 4.78 is 11.6. The number of amides is 1. The van der Waals surface area contributed by atoms with Gasteiger partial charge in [-0.2, -0.15) is 0 Å². The third-order valence-corrected chi connectivity index (χ3v) is 6.77. The molecule has 2 saturated heterocycles. The second kappa shape index (κ2) is 11.0. The molecule has 2 aliphatic rings. The van der Waals surface area contributed by atoms with Gasteiger partial charge in [0.2, 0.25) is 5.91 Å². The van der Waals surface area contributed by atoms with Gasteiger partial charge in [0.05, 0.1) is 44.1 Å². The summed E-state index contributed by atoms with van der Waals surface area (Å²) in [5, 5.41) is 3.46. The molecule has 5 rings (SSSR count). The van der Waals surface area contributed by atoms with E-state index in [1.54, 1.807) is 12.4 Å². The van der Waals surface area contributed by atoms with Crippen LogP contribution >= 0.6 is 0 Å². The number of carbonyl (C=O) groups is 1. The molecule has 2 aromatic heterocycles. The molecule has 4 heterocycles. The molecule has 10 heteroatoms. The molecule has 1 N–H and O–H groups in total. The van der Waals surface area contributed by atoms with E-state index in [-0.39, 0.29) is 5.91 Å². The van der Waals surface area contributed by atoms with Gasteiger partial charge in [0.1, 0.15) is 11.1 Å². The van der Waals surface area contributed by atoms with Crippen molar-refractivity contribution in [3.05, 3.63) is 42.7 Å². The summed E-state index contributed by atoms with van der Waals surface area (Å²) in [5.74, 6) is 0.760. The van der Waals surface area contributed by atoms with Crippen LogP contribution in [0, 0.1) is 0 Å². The monoisotopic (exact) mass is 505 g/mol. The Hall–Kier alpha value is -3.34. The maximum Gasteiger partial charge on any atom is 0.236 e. The van der Waals surface area contributed by atoms with Crippen molar-refractivity contribution in [2.75, 3.05) is 83.4 Å². The summed E-state index contributed by atoms with van der Waals surface area (Å²) in [7, 11) is 3.81. The van der Waals surface area contributed by atoms with E-state index < -0.39 is 5.60 Å². The van der Waals surface area contributed by atoms with Crippen LogP contribution in [-0.2, 0) is 14.3 Å². The Morgan fingerprint density at radius 3 is 2.59 bits per heavy atom. The fourth-order valence-corrected chi connectivity index (χ4v) is 4.80. The van der Waals surface area contributed by atoms with Crippen molar-refractivity contribution >= 4 is 28.4 Å². The third kappa shape index (κ3) is 5.98. The quantitative estimate of drug-likeness (QED) is 0.518. The van der Waals surface area contributed by atoms with Crippen molar-refractivity contribution in [1.82, 2.24) is 24.8 Å². The maximum atomic E-state index is 12.6. The number of rotatable bonds is 7. The lowest BCUT2D eigenvalue weighted by atomic mass is 10.0. The van der Waals surface area contributed by atoms with Gasteiger partial charge in [0.25, 0.3) is 0 Å². The third-order valence-electron chi connectivity index (χ3n) is 6.77. The zero-order chi connectivity index (χ0) is 25.8. The molecule has 0 unspecified atom stereocenters. The molecule has 0 saturated carbocycles. The molecule has 10 nitrogen and oxygen atoms in total. The SMILES string of the molecule is CN(C)CC(=O)N1CCO[C@](C)(CNc2nc(-c3ccc(N4CCOCC4)cc3)cc3nccnc23)C1. The highest BCUT2D eigenvalue weighted by atomic mass is 16.5. The largest absolute Gasteiger partial charge is 0.378 e. The van der Waals surface area contributed by atoms with Crippen LogP contribution in [0.4, 0.5) is 11.5 Å². The van der Waals surface area contributed by atoms with Crippen LogP contribution in [0.15, 0.2) is 42.7 Å². The number of ether oxygens (including phenoxy) is 2. The first-order valence-electron chi connectivity index (χ1n) is 12.8. The maximum absolute atomic E-state index is 12.6. The average Bonchev–Trinajstić information content (AvgIpc) is 2.92. The van der Waals surface area contributed by atoms with Gasteiger partial charge in [0.15, 0.2) is 5.82 Å². The number of nitrogens with one attached hydrogen (secondary N) is 1. The molecule has 0 aliphatic carbocycles.